The first-order chi connectivity index (χ1) is 13.9. The highest BCUT2D eigenvalue weighted by Crippen LogP contribution is 2.22. The van der Waals surface area contributed by atoms with Crippen molar-refractivity contribution in [2.45, 2.75) is 5.16 Å². The first kappa shape index (κ1) is 21.2. The molecule has 0 aliphatic rings. The van der Waals surface area contributed by atoms with E-state index >= 15 is 0 Å². The number of benzene rings is 2. The van der Waals surface area contributed by atoms with Crippen molar-refractivity contribution < 1.29 is 9.59 Å². The molecule has 0 atom stereocenters. The molecule has 6 nitrogen and oxygen atoms in total. The molecule has 9 heteroatoms. The van der Waals surface area contributed by atoms with Crippen LogP contribution in [-0.2, 0) is 9.59 Å². The molecule has 3 aromatic rings. The fraction of sp³-hybridized carbons (Fsp3) is 0.150. The smallest absolute Gasteiger partial charge is 0.244 e. The van der Waals surface area contributed by atoms with Crippen molar-refractivity contribution in [1.29, 1.82) is 0 Å². The Kier molecular flexibility index (Phi) is 7.19. The number of aromatic nitrogens is 2. The third-order valence-electron chi connectivity index (χ3n) is 3.99. The van der Waals surface area contributed by atoms with Gasteiger partial charge in [0, 0.05) is 30.2 Å². The Balaban J connectivity index is 1.54. The summed E-state index contributed by atoms with van der Waals surface area (Å²) in [5.41, 5.74) is 1.41. The van der Waals surface area contributed by atoms with Gasteiger partial charge in [0.2, 0.25) is 11.8 Å². The number of rotatable bonds is 7. The van der Waals surface area contributed by atoms with E-state index in [2.05, 4.69) is 10.3 Å². The van der Waals surface area contributed by atoms with Gasteiger partial charge in [-0.2, -0.15) is 0 Å². The molecule has 0 aliphatic carbocycles. The highest BCUT2D eigenvalue weighted by molar-refractivity contribution is 7.99. The average Bonchev–Trinajstić information content (AvgIpc) is 3.17. The van der Waals surface area contributed by atoms with E-state index in [0.29, 0.717) is 20.9 Å². The Morgan fingerprint density at radius 1 is 1.14 bits per heavy atom. The molecule has 2 amide bonds. The molecule has 1 N–H and O–H groups in total. The molecule has 0 bridgehead atoms. The first-order valence-corrected chi connectivity index (χ1v) is 10.4. The summed E-state index contributed by atoms with van der Waals surface area (Å²) < 4.78 is 1.87. The summed E-state index contributed by atoms with van der Waals surface area (Å²) in [7, 11) is 1.58. The van der Waals surface area contributed by atoms with Crippen molar-refractivity contribution in [1.82, 2.24) is 14.5 Å². The molecule has 3 rings (SSSR count). The SMILES string of the molecule is CN(CC(=O)Nc1ccccc1Cl)C(=O)CSc1nccn1-c1ccc(Cl)cc1. The second-order valence-electron chi connectivity index (χ2n) is 6.12. The first-order valence-electron chi connectivity index (χ1n) is 8.64. The van der Waals surface area contributed by atoms with Crippen molar-refractivity contribution in [3.63, 3.8) is 0 Å². The Bertz CT molecular complexity index is 1010. The summed E-state index contributed by atoms with van der Waals surface area (Å²) in [4.78, 5) is 30.3. The number of anilines is 1. The Hall–Kier alpha value is -2.48. The van der Waals surface area contributed by atoms with E-state index < -0.39 is 0 Å². The highest BCUT2D eigenvalue weighted by atomic mass is 35.5. The standard InChI is InChI=1S/C20H18Cl2N4O2S/c1-25(12-18(27)24-17-5-3-2-4-16(17)22)19(28)13-29-20-23-10-11-26(20)15-8-6-14(21)7-9-15/h2-11H,12-13H2,1H3,(H,24,27). The summed E-state index contributed by atoms with van der Waals surface area (Å²) in [6, 6.07) is 14.3. The van der Waals surface area contributed by atoms with E-state index in [9.17, 15) is 9.59 Å². The van der Waals surface area contributed by atoms with Gasteiger partial charge in [-0.15, -0.1) is 0 Å². The largest absolute Gasteiger partial charge is 0.336 e. The zero-order valence-corrected chi connectivity index (χ0v) is 17.8. The summed E-state index contributed by atoms with van der Waals surface area (Å²) >= 11 is 13.3. The van der Waals surface area contributed by atoms with Gasteiger partial charge in [0.1, 0.15) is 0 Å². The van der Waals surface area contributed by atoms with E-state index in [1.54, 1.807) is 49.6 Å². The van der Waals surface area contributed by atoms with Crippen LogP contribution in [-0.4, -0.2) is 45.6 Å². The summed E-state index contributed by atoms with van der Waals surface area (Å²) in [5.74, 6) is -0.350. The van der Waals surface area contributed by atoms with Crippen LogP contribution in [0.15, 0.2) is 66.1 Å². The fourth-order valence-electron chi connectivity index (χ4n) is 2.49. The van der Waals surface area contributed by atoms with Gasteiger partial charge in [0.05, 0.1) is 23.0 Å². The lowest BCUT2D eigenvalue weighted by molar-refractivity contribution is -0.131. The Morgan fingerprint density at radius 3 is 2.59 bits per heavy atom. The second kappa shape index (κ2) is 9.82. The Labute approximate surface area is 182 Å². The predicted octanol–water partition coefficient (Wildman–Crippen LogP) is 4.37. The van der Waals surface area contributed by atoms with Gasteiger partial charge in [-0.25, -0.2) is 4.98 Å². The molecule has 2 aromatic carbocycles. The molecule has 0 fully saturated rings. The molecule has 1 heterocycles. The van der Waals surface area contributed by atoms with Crippen LogP contribution in [0.2, 0.25) is 10.0 Å². The fourth-order valence-corrected chi connectivity index (χ4v) is 3.71. The van der Waals surface area contributed by atoms with E-state index in [4.69, 9.17) is 23.2 Å². The van der Waals surface area contributed by atoms with Gasteiger partial charge in [0.15, 0.2) is 5.16 Å². The number of halogens is 2. The minimum absolute atomic E-state index is 0.0732. The highest BCUT2D eigenvalue weighted by Gasteiger charge is 2.16. The zero-order valence-electron chi connectivity index (χ0n) is 15.5. The molecule has 29 heavy (non-hydrogen) atoms. The normalized spacial score (nSPS) is 10.6. The maximum absolute atomic E-state index is 12.4. The zero-order chi connectivity index (χ0) is 20.8. The number of amides is 2. The lowest BCUT2D eigenvalue weighted by Crippen LogP contribution is -2.36. The van der Waals surface area contributed by atoms with E-state index in [1.807, 2.05) is 22.9 Å². The molecule has 0 unspecified atom stereocenters. The number of imidazole rings is 1. The molecule has 1 aromatic heterocycles. The van der Waals surface area contributed by atoms with Crippen LogP contribution in [0.5, 0.6) is 0 Å². The molecule has 150 valence electrons. The minimum atomic E-state index is -0.318. The monoisotopic (exact) mass is 448 g/mol. The van der Waals surface area contributed by atoms with Crippen LogP contribution < -0.4 is 5.32 Å². The number of nitrogens with one attached hydrogen (secondary N) is 1. The van der Waals surface area contributed by atoms with Crippen LogP contribution in [0.4, 0.5) is 5.69 Å². The summed E-state index contributed by atoms with van der Waals surface area (Å²) in [6.45, 7) is -0.0732. The van der Waals surface area contributed by atoms with E-state index in [1.165, 1.54) is 16.7 Å². The van der Waals surface area contributed by atoms with Gasteiger partial charge in [-0.3, -0.25) is 14.2 Å². The molecule has 0 saturated carbocycles. The number of likely N-dealkylation sites (N-methyl/N-ethyl adjacent to an activating group) is 1. The number of carbonyl (C=O) groups is 2. The van der Waals surface area contributed by atoms with E-state index in [0.717, 1.165) is 5.69 Å². The maximum atomic E-state index is 12.4. The number of hydrogen-bond acceptors (Lipinski definition) is 4. The average molecular weight is 449 g/mol. The quantitative estimate of drug-likeness (QED) is 0.544. The van der Waals surface area contributed by atoms with Crippen molar-refractivity contribution >= 4 is 52.5 Å². The third-order valence-corrected chi connectivity index (χ3v) is 5.52. The lowest BCUT2D eigenvalue weighted by atomic mass is 10.3. The van der Waals surface area contributed by atoms with Crippen LogP contribution in [0, 0.1) is 0 Å². The number of hydrogen-bond donors (Lipinski definition) is 1. The molecule has 0 aliphatic heterocycles. The topological polar surface area (TPSA) is 67.2 Å². The van der Waals surface area contributed by atoms with Crippen LogP contribution in [0.25, 0.3) is 5.69 Å². The van der Waals surface area contributed by atoms with Crippen molar-refractivity contribution in [3.8, 4) is 5.69 Å². The van der Waals surface area contributed by atoms with Gasteiger partial charge in [-0.1, -0.05) is 47.1 Å². The van der Waals surface area contributed by atoms with E-state index in [-0.39, 0.29) is 24.1 Å². The van der Waals surface area contributed by atoms with Gasteiger partial charge >= 0.3 is 0 Å². The predicted molar refractivity (Wildman–Crippen MR) is 117 cm³/mol. The lowest BCUT2D eigenvalue weighted by Gasteiger charge is -2.17. The molecule has 0 spiro atoms. The number of carbonyl (C=O) groups excluding carboxylic acids is 2. The molecular formula is C20H18Cl2N4O2S. The van der Waals surface area contributed by atoms with Gasteiger partial charge < -0.3 is 10.2 Å². The second-order valence-corrected chi connectivity index (χ2v) is 7.91. The van der Waals surface area contributed by atoms with Crippen molar-refractivity contribution in [2.24, 2.45) is 0 Å². The summed E-state index contributed by atoms with van der Waals surface area (Å²) in [6.07, 6.45) is 3.49. The van der Waals surface area contributed by atoms with Crippen molar-refractivity contribution in [2.75, 3.05) is 24.7 Å². The van der Waals surface area contributed by atoms with Crippen LogP contribution in [0.3, 0.4) is 0 Å². The van der Waals surface area contributed by atoms with Gasteiger partial charge in [0.25, 0.3) is 0 Å². The van der Waals surface area contributed by atoms with Gasteiger partial charge in [-0.05, 0) is 36.4 Å². The number of nitrogens with zero attached hydrogens (tertiary/aromatic N) is 3. The van der Waals surface area contributed by atoms with Crippen molar-refractivity contribution in [3.05, 3.63) is 71.0 Å². The molecular weight excluding hydrogens is 431 g/mol. The number of para-hydroxylation sites is 1. The number of thioether (sulfide) groups is 1. The summed E-state index contributed by atoms with van der Waals surface area (Å²) in [5, 5.41) is 4.47. The Morgan fingerprint density at radius 2 is 1.86 bits per heavy atom. The molecule has 0 saturated heterocycles. The third kappa shape index (κ3) is 5.76. The molecule has 0 radical (unpaired) electrons. The minimum Gasteiger partial charge on any atom is -0.336 e. The van der Waals surface area contributed by atoms with Crippen LogP contribution >= 0.6 is 35.0 Å². The maximum Gasteiger partial charge on any atom is 0.244 e. The van der Waals surface area contributed by atoms with Crippen LogP contribution in [0.1, 0.15) is 0 Å².